The van der Waals surface area contributed by atoms with Gasteiger partial charge in [-0.2, -0.15) is 5.01 Å². The predicted octanol–water partition coefficient (Wildman–Crippen LogP) is 4.23. The number of fused-ring (bicyclic) bond motifs is 1. The Morgan fingerprint density at radius 1 is 0.780 bits per heavy atom. The Morgan fingerprint density at radius 2 is 1.54 bits per heavy atom. The van der Waals surface area contributed by atoms with Crippen LogP contribution in [-0.2, 0) is 11.3 Å². The largest absolute Gasteiger partial charge is 0.368 e. The van der Waals surface area contributed by atoms with Crippen molar-refractivity contribution in [3.8, 4) is 0 Å². The van der Waals surface area contributed by atoms with E-state index in [1.165, 1.54) is 26.6 Å². The first-order valence-corrected chi connectivity index (χ1v) is 14.5. The van der Waals surface area contributed by atoms with Crippen molar-refractivity contribution in [2.24, 2.45) is 0 Å². The average Bonchev–Trinajstić information content (AvgIpc) is 3.20. The highest BCUT2D eigenvalue weighted by molar-refractivity contribution is 7.99. The van der Waals surface area contributed by atoms with E-state index < -0.39 is 23.8 Å². The zero-order chi connectivity index (χ0) is 28.7. The van der Waals surface area contributed by atoms with E-state index >= 15 is 0 Å². The van der Waals surface area contributed by atoms with Gasteiger partial charge in [0, 0.05) is 48.9 Å². The van der Waals surface area contributed by atoms with Crippen molar-refractivity contribution in [3.63, 3.8) is 0 Å². The smallest absolute Gasteiger partial charge is 0.343 e. The van der Waals surface area contributed by atoms with Crippen LogP contribution < -0.4 is 10.2 Å². The molecule has 3 aliphatic heterocycles. The number of benzene rings is 3. The molecule has 1 N–H and O–H groups in total. The molecule has 3 aliphatic rings. The van der Waals surface area contributed by atoms with Crippen molar-refractivity contribution in [3.05, 3.63) is 88.5 Å². The van der Waals surface area contributed by atoms with Gasteiger partial charge in [-0.1, -0.05) is 47.7 Å². The average molecular weight is 570 g/mol. The van der Waals surface area contributed by atoms with Gasteiger partial charge in [0.2, 0.25) is 5.91 Å². The number of hydrogen-bond donors (Lipinski definition) is 1. The summed E-state index contributed by atoms with van der Waals surface area (Å²) in [7, 11) is 0. The Kier molecular flexibility index (Phi) is 7.27. The number of rotatable bonds is 6. The summed E-state index contributed by atoms with van der Waals surface area (Å²) < 4.78 is 0. The van der Waals surface area contributed by atoms with E-state index in [1.54, 1.807) is 23.9 Å². The Hall–Kier alpha value is -4.15. The van der Waals surface area contributed by atoms with Crippen molar-refractivity contribution >= 4 is 41.2 Å². The fourth-order valence-corrected chi connectivity index (χ4v) is 6.62. The van der Waals surface area contributed by atoms with Gasteiger partial charge in [0.1, 0.15) is 0 Å². The maximum absolute atomic E-state index is 13.2. The number of para-hydroxylation sites is 1. The molecule has 0 unspecified atom stereocenters. The molecule has 0 aromatic heterocycles. The third-order valence-electron chi connectivity index (χ3n) is 7.74. The highest BCUT2D eigenvalue weighted by atomic mass is 32.2. The van der Waals surface area contributed by atoms with Crippen LogP contribution in [-0.4, -0.2) is 71.4 Å². The van der Waals surface area contributed by atoms with Gasteiger partial charge in [-0.25, -0.2) is 9.80 Å². The minimum absolute atomic E-state index is 0.0144. The monoisotopic (exact) mass is 569 g/mol. The van der Waals surface area contributed by atoms with Crippen molar-refractivity contribution in [1.29, 1.82) is 0 Å². The van der Waals surface area contributed by atoms with Crippen LogP contribution >= 0.6 is 11.8 Å². The molecule has 0 atom stereocenters. The van der Waals surface area contributed by atoms with E-state index in [9.17, 15) is 19.2 Å². The number of hydrazine groups is 1. The van der Waals surface area contributed by atoms with Crippen molar-refractivity contribution in [2.45, 2.75) is 36.6 Å². The molecule has 41 heavy (non-hydrogen) atoms. The number of urea groups is 1. The van der Waals surface area contributed by atoms with Crippen LogP contribution in [0.5, 0.6) is 0 Å². The van der Waals surface area contributed by atoms with Crippen molar-refractivity contribution in [2.75, 3.05) is 37.6 Å². The van der Waals surface area contributed by atoms with E-state index in [0.29, 0.717) is 6.54 Å². The summed E-state index contributed by atoms with van der Waals surface area (Å²) in [5.41, 5.74) is 5.27. The molecule has 2 saturated heterocycles. The molecule has 5 amide bonds. The van der Waals surface area contributed by atoms with E-state index in [4.69, 9.17) is 0 Å². The Labute approximate surface area is 243 Å². The maximum atomic E-state index is 13.2. The van der Waals surface area contributed by atoms with Crippen LogP contribution in [0.1, 0.15) is 43.8 Å². The molecular formula is C31H31N5O4S. The summed E-state index contributed by atoms with van der Waals surface area (Å²) in [5.74, 6) is -1.51. The summed E-state index contributed by atoms with van der Waals surface area (Å²) in [6.07, 6.45) is 0.0329. The van der Waals surface area contributed by atoms with Gasteiger partial charge >= 0.3 is 6.03 Å². The topological polar surface area (TPSA) is 93.3 Å². The third-order valence-corrected chi connectivity index (χ3v) is 8.98. The lowest BCUT2D eigenvalue weighted by atomic mass is 10.1. The van der Waals surface area contributed by atoms with Gasteiger partial charge in [0.15, 0.2) is 0 Å². The molecular weight excluding hydrogens is 538 g/mol. The quantitative estimate of drug-likeness (QED) is 0.444. The number of aryl methyl sites for hydroxylation is 2. The Bertz CT molecular complexity index is 1570. The zero-order valence-electron chi connectivity index (χ0n) is 23.1. The van der Waals surface area contributed by atoms with Crippen LogP contribution in [0, 0.1) is 13.8 Å². The first-order valence-electron chi connectivity index (χ1n) is 13.7. The molecule has 3 heterocycles. The molecule has 210 valence electrons. The normalized spacial score (nSPS) is 17.8. The van der Waals surface area contributed by atoms with Gasteiger partial charge < -0.3 is 4.90 Å². The number of imide groups is 2. The second-order valence-electron chi connectivity index (χ2n) is 10.6. The molecule has 9 nitrogen and oxygen atoms in total. The number of carbonyl (C=O) groups excluding carboxylic acids is 4. The lowest BCUT2D eigenvalue weighted by Gasteiger charge is -2.37. The molecule has 10 heteroatoms. The van der Waals surface area contributed by atoms with Crippen molar-refractivity contribution in [1.82, 2.24) is 20.2 Å². The number of carbonyl (C=O) groups is 4. The minimum Gasteiger partial charge on any atom is -0.368 e. The fraction of sp³-hybridized carbons (Fsp3) is 0.290. The molecule has 2 fully saturated rings. The van der Waals surface area contributed by atoms with Crippen LogP contribution in [0.25, 0.3) is 0 Å². The summed E-state index contributed by atoms with van der Waals surface area (Å²) in [5, 5.41) is 4.03. The van der Waals surface area contributed by atoms with Crippen LogP contribution in [0.3, 0.4) is 0 Å². The number of anilines is 1. The van der Waals surface area contributed by atoms with Gasteiger partial charge in [-0.3, -0.25) is 24.6 Å². The van der Waals surface area contributed by atoms with Gasteiger partial charge in [-0.05, 0) is 55.3 Å². The van der Waals surface area contributed by atoms with Crippen LogP contribution in [0.15, 0.2) is 70.5 Å². The van der Waals surface area contributed by atoms with E-state index in [0.717, 1.165) is 41.8 Å². The number of hydrogen-bond acceptors (Lipinski definition) is 7. The minimum atomic E-state index is -0.761. The molecule has 0 bridgehead atoms. The first-order chi connectivity index (χ1) is 19.8. The third kappa shape index (κ3) is 5.32. The molecule has 6 rings (SSSR count). The Balaban J connectivity index is 1.11. The zero-order valence-corrected chi connectivity index (χ0v) is 23.9. The highest BCUT2D eigenvalue weighted by Crippen LogP contribution is 2.37. The summed E-state index contributed by atoms with van der Waals surface area (Å²) in [6, 6.07) is 19.6. The summed E-state index contributed by atoms with van der Waals surface area (Å²) in [4.78, 5) is 57.2. The Morgan fingerprint density at radius 3 is 2.29 bits per heavy atom. The second kappa shape index (κ2) is 11.0. The van der Waals surface area contributed by atoms with E-state index in [2.05, 4.69) is 71.4 Å². The standard InChI is InChI=1S/C31H31N5O4S/c1-20-7-10-26(21(2)17-20)41-27-6-4-3-5-25(27)34-15-13-33(14-16-34)19-22-8-9-23-24(18-22)30(39)36(29(23)38)35-12-11-28(37)32-31(35)40/h3-10,17-18H,11-16,19H2,1-2H3,(H,32,37,40). The van der Waals surface area contributed by atoms with Crippen molar-refractivity contribution < 1.29 is 19.2 Å². The first kappa shape index (κ1) is 27.0. The number of nitrogens with one attached hydrogen (secondary N) is 1. The molecule has 3 aromatic rings. The van der Waals surface area contributed by atoms with Gasteiger partial charge in [0.25, 0.3) is 11.8 Å². The predicted molar refractivity (Wildman–Crippen MR) is 156 cm³/mol. The molecule has 0 spiro atoms. The van der Waals surface area contributed by atoms with Gasteiger partial charge in [-0.15, -0.1) is 0 Å². The summed E-state index contributed by atoms with van der Waals surface area (Å²) >= 11 is 1.81. The molecule has 0 radical (unpaired) electrons. The lowest BCUT2D eigenvalue weighted by Crippen LogP contribution is -2.58. The second-order valence-corrected chi connectivity index (χ2v) is 11.7. The molecule has 0 saturated carbocycles. The number of nitrogens with zero attached hydrogens (tertiary/aromatic N) is 4. The number of piperazine rings is 1. The van der Waals surface area contributed by atoms with Crippen LogP contribution in [0.2, 0.25) is 0 Å². The summed E-state index contributed by atoms with van der Waals surface area (Å²) in [6.45, 7) is 8.39. The fourth-order valence-electron chi connectivity index (χ4n) is 5.58. The lowest BCUT2D eigenvalue weighted by molar-refractivity contribution is -0.122. The van der Waals surface area contributed by atoms with Gasteiger partial charge in [0.05, 0.1) is 23.4 Å². The molecule has 3 aromatic carbocycles. The highest BCUT2D eigenvalue weighted by Gasteiger charge is 2.43. The van der Waals surface area contributed by atoms with E-state index in [1.807, 2.05) is 6.07 Å². The SMILES string of the molecule is Cc1ccc(Sc2ccccc2N2CCN(Cc3ccc4c(c3)C(=O)N(N3CCC(=O)NC3=O)C4=O)CC2)c(C)c1. The number of amides is 5. The molecule has 0 aliphatic carbocycles. The van der Waals surface area contributed by atoms with Crippen LogP contribution in [0.4, 0.5) is 10.5 Å². The maximum Gasteiger partial charge on any atom is 0.343 e. The van der Waals surface area contributed by atoms with E-state index in [-0.39, 0.29) is 24.1 Å².